The lowest BCUT2D eigenvalue weighted by Gasteiger charge is -2.56. The van der Waals surface area contributed by atoms with Gasteiger partial charge in [-0.05, 0) is 62.8 Å². The fourth-order valence-corrected chi connectivity index (χ4v) is 7.11. The van der Waals surface area contributed by atoms with Crippen LogP contribution in [0.4, 0.5) is 0 Å². The lowest BCUT2D eigenvalue weighted by Crippen LogP contribution is -2.63. The highest BCUT2D eigenvalue weighted by Gasteiger charge is 2.67. The summed E-state index contributed by atoms with van der Waals surface area (Å²) in [5.41, 5.74) is -0.528. The van der Waals surface area contributed by atoms with Gasteiger partial charge >= 0.3 is 0 Å². The molecular weight excluding hydrogens is 456 g/mol. The number of Topliss-reactive ketones (excluding diaryl/α,β-unsaturated/α-hetero) is 3. The molecule has 5 rings (SSSR count). The third-order valence-electron chi connectivity index (χ3n) is 8.47. The molecule has 0 spiro atoms. The van der Waals surface area contributed by atoms with Crippen LogP contribution >= 0.6 is 0 Å². The van der Waals surface area contributed by atoms with Crippen LogP contribution in [0.1, 0.15) is 62.0 Å². The van der Waals surface area contributed by atoms with Crippen LogP contribution in [-0.4, -0.2) is 38.3 Å². The summed E-state index contributed by atoms with van der Waals surface area (Å²) >= 11 is 0. The summed E-state index contributed by atoms with van der Waals surface area (Å²) in [5, 5.41) is 34.1. The fraction of sp³-hybridized carbons (Fsp3) is 0.367. The molecule has 3 N–H and O–H groups in total. The Balaban J connectivity index is 1.77. The van der Waals surface area contributed by atoms with E-state index in [1.54, 1.807) is 19.9 Å². The van der Waals surface area contributed by atoms with Crippen LogP contribution in [0.15, 0.2) is 58.9 Å². The average Bonchev–Trinajstić information content (AvgIpc) is 2.76. The minimum absolute atomic E-state index is 0.0672. The maximum Gasteiger partial charge on any atom is 0.206 e. The number of allylic oxidation sites excluding steroid dienone is 2. The number of fused-ring (bicyclic) bond motifs is 3. The van der Waals surface area contributed by atoms with Crippen LogP contribution < -0.4 is 0 Å². The molecule has 0 aromatic heterocycles. The van der Waals surface area contributed by atoms with E-state index in [0.717, 1.165) is 16.7 Å². The number of carbonyl (C=O) groups excluding carboxylic acids is 3. The van der Waals surface area contributed by atoms with E-state index in [0.29, 0.717) is 17.6 Å². The molecule has 0 unspecified atom stereocenters. The van der Waals surface area contributed by atoms with Gasteiger partial charge in [0.15, 0.2) is 17.2 Å². The quantitative estimate of drug-likeness (QED) is 0.518. The molecule has 0 heterocycles. The van der Waals surface area contributed by atoms with Gasteiger partial charge in [-0.1, -0.05) is 55.3 Å². The fourth-order valence-electron chi connectivity index (χ4n) is 7.11. The third-order valence-corrected chi connectivity index (χ3v) is 8.47. The van der Waals surface area contributed by atoms with Gasteiger partial charge in [0.05, 0.1) is 11.1 Å². The summed E-state index contributed by atoms with van der Waals surface area (Å²) in [6.45, 7) is 8.53. The molecule has 0 saturated heterocycles. The number of aryl methyl sites for hydroxylation is 1. The summed E-state index contributed by atoms with van der Waals surface area (Å²) in [4.78, 5) is 39.8. The summed E-state index contributed by atoms with van der Waals surface area (Å²) in [6, 6.07) is 11.1. The lowest BCUT2D eigenvalue weighted by atomic mass is 9.48. The molecule has 0 saturated carbocycles. The highest BCUT2D eigenvalue weighted by atomic mass is 16.3. The Kier molecular flexibility index (Phi) is 5.04. The van der Waals surface area contributed by atoms with Crippen molar-refractivity contribution in [3.63, 3.8) is 0 Å². The first-order valence-electron chi connectivity index (χ1n) is 12.1. The molecular formula is C30H30O6. The normalized spacial score (nSPS) is 29.6. The SMILES string of the molecule is CC(=O)C1=C(C)C[C@@]2(C)C[C@@]3(C)Cc4c(-c5cccc(C)c5)ccc(O)c4C(=O)C3=C(O)[C@@]2(O)C1=O. The number of phenols is 1. The summed E-state index contributed by atoms with van der Waals surface area (Å²) in [6.07, 6.45) is 0.786. The van der Waals surface area contributed by atoms with Crippen LogP contribution in [0, 0.1) is 17.8 Å². The molecule has 0 fully saturated rings. The lowest BCUT2D eigenvalue weighted by molar-refractivity contribution is -0.157. The van der Waals surface area contributed by atoms with Crippen LogP contribution in [0.3, 0.4) is 0 Å². The largest absolute Gasteiger partial charge is 0.508 e. The van der Waals surface area contributed by atoms with Gasteiger partial charge in [-0.2, -0.15) is 0 Å². The second kappa shape index (κ2) is 7.50. The van der Waals surface area contributed by atoms with E-state index in [9.17, 15) is 29.7 Å². The van der Waals surface area contributed by atoms with Crippen molar-refractivity contribution >= 4 is 17.3 Å². The molecule has 186 valence electrons. The number of ketones is 3. The number of aliphatic hydroxyl groups excluding tert-OH is 1. The summed E-state index contributed by atoms with van der Waals surface area (Å²) < 4.78 is 0. The van der Waals surface area contributed by atoms with Crippen molar-refractivity contribution < 1.29 is 29.7 Å². The first kappa shape index (κ1) is 24.2. The Labute approximate surface area is 210 Å². The van der Waals surface area contributed by atoms with Gasteiger partial charge in [0, 0.05) is 16.4 Å². The molecule has 0 aliphatic heterocycles. The second-order valence-corrected chi connectivity index (χ2v) is 11.3. The maximum atomic E-state index is 14.0. The average molecular weight is 487 g/mol. The van der Waals surface area contributed by atoms with E-state index >= 15 is 0 Å². The standard InChI is InChI=1S/C30H30O6/c1-15-7-6-8-18(11-15)19-9-10-21(32)23-20(19)13-28(4)14-29(5)12-16(2)22(17(3)31)26(34)30(29,36)27(35)24(28)25(23)33/h6-11,32,35-36H,12-14H2,1-5H3/t28-,29+,30+/m1/s1. The zero-order valence-corrected chi connectivity index (χ0v) is 21.2. The number of aliphatic hydroxyl groups is 2. The van der Waals surface area contributed by atoms with Crippen LogP contribution in [0.25, 0.3) is 11.1 Å². The first-order valence-corrected chi connectivity index (χ1v) is 12.1. The highest BCUT2D eigenvalue weighted by Crippen LogP contribution is 2.62. The topological polar surface area (TPSA) is 112 Å². The molecule has 2 aromatic rings. The predicted octanol–water partition coefficient (Wildman–Crippen LogP) is 4.94. The van der Waals surface area contributed by atoms with Crippen molar-refractivity contribution in [3.05, 3.63) is 75.6 Å². The van der Waals surface area contributed by atoms with E-state index in [1.807, 2.05) is 38.1 Å². The van der Waals surface area contributed by atoms with E-state index in [4.69, 9.17) is 0 Å². The van der Waals surface area contributed by atoms with Gasteiger partial charge < -0.3 is 15.3 Å². The predicted molar refractivity (Wildman–Crippen MR) is 135 cm³/mol. The van der Waals surface area contributed by atoms with E-state index in [2.05, 4.69) is 0 Å². The summed E-state index contributed by atoms with van der Waals surface area (Å²) in [7, 11) is 0. The van der Waals surface area contributed by atoms with Gasteiger partial charge in [0.1, 0.15) is 11.5 Å². The highest BCUT2D eigenvalue weighted by molar-refractivity contribution is 6.25. The zero-order chi connectivity index (χ0) is 26.4. The molecule has 6 heteroatoms. The van der Waals surface area contributed by atoms with Crippen molar-refractivity contribution in [1.82, 2.24) is 0 Å². The molecule has 0 amide bonds. The smallest absolute Gasteiger partial charge is 0.206 e. The van der Waals surface area contributed by atoms with Crippen LogP contribution in [-0.2, 0) is 16.0 Å². The van der Waals surface area contributed by atoms with E-state index < -0.39 is 39.5 Å². The number of phenolic OH excluding ortho intramolecular Hbond substituents is 1. The van der Waals surface area contributed by atoms with Gasteiger partial charge in [0.25, 0.3) is 0 Å². The van der Waals surface area contributed by atoms with Crippen molar-refractivity contribution in [2.75, 3.05) is 0 Å². The van der Waals surface area contributed by atoms with E-state index in [-0.39, 0.29) is 35.3 Å². The molecule has 3 aliphatic carbocycles. The molecule has 0 radical (unpaired) electrons. The van der Waals surface area contributed by atoms with Crippen molar-refractivity contribution in [2.24, 2.45) is 10.8 Å². The Bertz CT molecular complexity index is 1460. The number of aromatic hydroxyl groups is 1. The molecule has 36 heavy (non-hydrogen) atoms. The van der Waals surface area contributed by atoms with Crippen molar-refractivity contribution in [1.29, 1.82) is 0 Å². The van der Waals surface area contributed by atoms with Gasteiger partial charge in [-0.15, -0.1) is 0 Å². The van der Waals surface area contributed by atoms with E-state index in [1.165, 1.54) is 13.0 Å². The number of hydrogen-bond donors (Lipinski definition) is 3. The molecule has 3 aliphatic rings. The first-order chi connectivity index (χ1) is 16.7. The zero-order valence-electron chi connectivity index (χ0n) is 21.2. The summed E-state index contributed by atoms with van der Waals surface area (Å²) in [5.74, 6) is -2.89. The van der Waals surface area contributed by atoms with Crippen molar-refractivity contribution in [3.8, 4) is 16.9 Å². The minimum Gasteiger partial charge on any atom is -0.508 e. The Morgan fingerprint density at radius 2 is 1.69 bits per heavy atom. The number of carbonyl (C=O) groups is 3. The third kappa shape index (κ3) is 2.97. The van der Waals surface area contributed by atoms with Crippen LogP contribution in [0.2, 0.25) is 0 Å². The maximum absolute atomic E-state index is 14.0. The minimum atomic E-state index is -2.40. The van der Waals surface area contributed by atoms with Crippen molar-refractivity contribution in [2.45, 2.75) is 59.5 Å². The van der Waals surface area contributed by atoms with Gasteiger partial charge in [-0.3, -0.25) is 14.4 Å². The molecule has 0 bridgehead atoms. The molecule has 3 atom stereocenters. The number of benzene rings is 2. The molecule has 6 nitrogen and oxygen atoms in total. The van der Waals surface area contributed by atoms with Gasteiger partial charge in [-0.25, -0.2) is 0 Å². The number of rotatable bonds is 2. The Morgan fingerprint density at radius 3 is 2.33 bits per heavy atom. The Hall–Kier alpha value is -3.51. The van der Waals surface area contributed by atoms with Crippen LogP contribution in [0.5, 0.6) is 5.75 Å². The van der Waals surface area contributed by atoms with Gasteiger partial charge in [0.2, 0.25) is 5.78 Å². The second-order valence-electron chi connectivity index (χ2n) is 11.3. The number of hydrogen-bond acceptors (Lipinski definition) is 6. The Morgan fingerprint density at radius 1 is 1.00 bits per heavy atom. The molecule has 2 aromatic carbocycles. The monoisotopic (exact) mass is 486 g/mol.